The highest BCUT2D eigenvalue weighted by Crippen LogP contribution is 2.28. The van der Waals surface area contributed by atoms with Gasteiger partial charge in [0.15, 0.2) is 11.5 Å². The van der Waals surface area contributed by atoms with Gasteiger partial charge in [0.25, 0.3) is 0 Å². The molecule has 1 rings (SSSR count). The number of aromatic carboxylic acids is 1. The van der Waals surface area contributed by atoms with Gasteiger partial charge in [-0.3, -0.25) is 0 Å². The topological polar surface area (TPSA) is 85.2 Å². The van der Waals surface area contributed by atoms with Crippen molar-refractivity contribution < 1.29 is 29.2 Å². The monoisotopic (exact) mass is 256 g/mol. The second-order valence-corrected chi connectivity index (χ2v) is 3.59. The maximum absolute atomic E-state index is 10.8. The highest BCUT2D eigenvalue weighted by molar-refractivity contribution is 5.88. The first-order valence-electron chi connectivity index (χ1n) is 5.29. The van der Waals surface area contributed by atoms with Crippen LogP contribution in [0.5, 0.6) is 11.5 Å². The van der Waals surface area contributed by atoms with Crippen molar-refractivity contribution in [2.75, 3.05) is 27.4 Å². The molecule has 0 bridgehead atoms. The molecule has 0 aliphatic rings. The van der Waals surface area contributed by atoms with E-state index in [0.717, 1.165) is 0 Å². The zero-order valence-corrected chi connectivity index (χ0v) is 10.3. The molecule has 0 saturated carbocycles. The Kier molecular flexibility index (Phi) is 5.41. The fourth-order valence-corrected chi connectivity index (χ4v) is 1.35. The lowest BCUT2D eigenvalue weighted by molar-refractivity contribution is 0.0319. The smallest absolute Gasteiger partial charge is 0.335 e. The fourth-order valence-electron chi connectivity index (χ4n) is 1.35. The van der Waals surface area contributed by atoms with E-state index in [9.17, 15) is 9.90 Å². The average molecular weight is 256 g/mol. The van der Waals surface area contributed by atoms with Crippen molar-refractivity contribution in [3.8, 4) is 11.5 Å². The van der Waals surface area contributed by atoms with Crippen molar-refractivity contribution in [3.63, 3.8) is 0 Å². The molecule has 2 N–H and O–H groups in total. The van der Waals surface area contributed by atoms with Crippen LogP contribution in [0.2, 0.25) is 0 Å². The van der Waals surface area contributed by atoms with Gasteiger partial charge < -0.3 is 24.4 Å². The average Bonchev–Trinajstić information content (AvgIpc) is 2.36. The number of aliphatic hydroxyl groups is 1. The Balaban J connectivity index is 2.78. The summed E-state index contributed by atoms with van der Waals surface area (Å²) in [5.41, 5.74) is 0.0898. The van der Waals surface area contributed by atoms with Crippen LogP contribution >= 0.6 is 0 Å². The van der Waals surface area contributed by atoms with Gasteiger partial charge >= 0.3 is 5.97 Å². The number of benzene rings is 1. The van der Waals surface area contributed by atoms with Crippen molar-refractivity contribution >= 4 is 5.97 Å². The molecule has 100 valence electrons. The van der Waals surface area contributed by atoms with Crippen molar-refractivity contribution in [2.24, 2.45) is 0 Å². The molecule has 6 heteroatoms. The molecule has 1 aromatic rings. The molecule has 18 heavy (non-hydrogen) atoms. The van der Waals surface area contributed by atoms with E-state index in [4.69, 9.17) is 19.3 Å². The first kappa shape index (κ1) is 14.3. The van der Waals surface area contributed by atoms with Gasteiger partial charge in [0, 0.05) is 7.11 Å². The highest BCUT2D eigenvalue weighted by atomic mass is 16.5. The summed E-state index contributed by atoms with van der Waals surface area (Å²) in [5.74, 6) is -0.378. The van der Waals surface area contributed by atoms with Gasteiger partial charge in [-0.15, -0.1) is 0 Å². The Hall–Kier alpha value is -1.79. The van der Waals surface area contributed by atoms with Crippen LogP contribution in [0.1, 0.15) is 10.4 Å². The molecule has 0 aromatic heterocycles. The van der Waals surface area contributed by atoms with E-state index < -0.39 is 12.1 Å². The third kappa shape index (κ3) is 3.90. The highest BCUT2D eigenvalue weighted by Gasteiger charge is 2.12. The van der Waals surface area contributed by atoms with Gasteiger partial charge in [-0.1, -0.05) is 0 Å². The number of carbonyl (C=O) groups is 1. The number of methoxy groups -OCH3 is 2. The van der Waals surface area contributed by atoms with Gasteiger partial charge in [0.1, 0.15) is 12.7 Å². The molecular formula is C12H16O6. The lowest BCUT2D eigenvalue weighted by Gasteiger charge is -2.14. The van der Waals surface area contributed by atoms with Crippen molar-refractivity contribution in [3.05, 3.63) is 23.8 Å². The number of carboxylic acids is 1. The van der Waals surface area contributed by atoms with Crippen LogP contribution in [0, 0.1) is 0 Å². The van der Waals surface area contributed by atoms with Crippen LogP contribution in [-0.4, -0.2) is 49.7 Å². The second-order valence-electron chi connectivity index (χ2n) is 3.59. The summed E-state index contributed by atoms with van der Waals surface area (Å²) in [5, 5.41) is 18.3. The SMILES string of the molecule is COCC(O)COc1cc(C(=O)O)ccc1OC. The number of hydrogen-bond donors (Lipinski definition) is 2. The summed E-state index contributed by atoms with van der Waals surface area (Å²) >= 11 is 0. The number of ether oxygens (including phenoxy) is 3. The zero-order valence-electron chi connectivity index (χ0n) is 10.3. The summed E-state index contributed by atoms with van der Waals surface area (Å²) in [6.07, 6.45) is -0.784. The molecule has 0 saturated heterocycles. The fraction of sp³-hybridized carbons (Fsp3) is 0.417. The van der Waals surface area contributed by atoms with Crippen molar-refractivity contribution in [2.45, 2.75) is 6.10 Å². The second kappa shape index (κ2) is 6.83. The minimum Gasteiger partial charge on any atom is -0.493 e. The molecule has 0 aliphatic carbocycles. The molecule has 1 unspecified atom stereocenters. The van der Waals surface area contributed by atoms with Gasteiger partial charge in [0.05, 0.1) is 19.3 Å². The summed E-state index contributed by atoms with van der Waals surface area (Å²) in [7, 11) is 2.92. The Morgan fingerprint density at radius 1 is 1.28 bits per heavy atom. The summed E-state index contributed by atoms with van der Waals surface area (Å²) in [6, 6.07) is 4.27. The van der Waals surface area contributed by atoms with Gasteiger partial charge in [-0.2, -0.15) is 0 Å². The predicted octanol–water partition coefficient (Wildman–Crippen LogP) is 0.780. The van der Waals surface area contributed by atoms with Gasteiger partial charge in [-0.05, 0) is 18.2 Å². The Bertz CT molecular complexity index is 404. The molecule has 1 atom stereocenters. The molecular weight excluding hydrogens is 240 g/mol. The summed E-state index contributed by atoms with van der Waals surface area (Å²) in [4.78, 5) is 10.8. The Labute approximate surface area is 105 Å². The van der Waals surface area contributed by atoms with Gasteiger partial charge in [-0.25, -0.2) is 4.79 Å². The minimum atomic E-state index is -1.06. The largest absolute Gasteiger partial charge is 0.493 e. The maximum Gasteiger partial charge on any atom is 0.335 e. The lowest BCUT2D eigenvalue weighted by Crippen LogP contribution is -2.22. The Morgan fingerprint density at radius 3 is 2.56 bits per heavy atom. The first-order chi connectivity index (χ1) is 8.58. The van der Waals surface area contributed by atoms with Crippen LogP contribution in [0.4, 0.5) is 0 Å². The number of hydrogen-bond acceptors (Lipinski definition) is 5. The van der Waals surface area contributed by atoms with E-state index in [1.165, 1.54) is 32.4 Å². The molecule has 1 aromatic carbocycles. The van der Waals surface area contributed by atoms with E-state index in [1.807, 2.05) is 0 Å². The van der Waals surface area contributed by atoms with E-state index in [0.29, 0.717) is 5.75 Å². The predicted molar refractivity (Wildman–Crippen MR) is 63.3 cm³/mol. The number of rotatable bonds is 7. The third-order valence-electron chi connectivity index (χ3n) is 2.20. The van der Waals surface area contributed by atoms with E-state index >= 15 is 0 Å². The van der Waals surface area contributed by atoms with Crippen molar-refractivity contribution in [1.29, 1.82) is 0 Å². The quantitative estimate of drug-likeness (QED) is 0.749. The molecule has 6 nitrogen and oxygen atoms in total. The summed E-state index contributed by atoms with van der Waals surface area (Å²) in [6.45, 7) is 0.133. The third-order valence-corrected chi connectivity index (χ3v) is 2.20. The van der Waals surface area contributed by atoms with Crippen LogP contribution in [0.15, 0.2) is 18.2 Å². The molecule has 0 heterocycles. The van der Waals surface area contributed by atoms with Gasteiger partial charge in [0.2, 0.25) is 0 Å². The summed E-state index contributed by atoms with van der Waals surface area (Å²) < 4.78 is 15.1. The first-order valence-corrected chi connectivity index (χ1v) is 5.29. The molecule has 0 radical (unpaired) electrons. The standard InChI is InChI=1S/C12H16O6/c1-16-6-9(13)7-18-11-5-8(12(14)15)3-4-10(11)17-2/h3-5,9,13H,6-7H2,1-2H3,(H,14,15). The van der Waals surface area contributed by atoms with Crippen LogP contribution < -0.4 is 9.47 Å². The van der Waals surface area contributed by atoms with Crippen molar-refractivity contribution in [1.82, 2.24) is 0 Å². The van der Waals surface area contributed by atoms with Crippen LogP contribution in [0.3, 0.4) is 0 Å². The normalized spacial score (nSPS) is 11.9. The maximum atomic E-state index is 10.8. The minimum absolute atomic E-state index is 0.00667. The zero-order chi connectivity index (χ0) is 13.5. The molecule has 0 spiro atoms. The van der Waals surface area contributed by atoms with E-state index in [-0.39, 0.29) is 24.5 Å². The number of carboxylic acid groups (broad SMARTS) is 1. The van der Waals surface area contributed by atoms with Crippen LogP contribution in [-0.2, 0) is 4.74 Å². The number of aliphatic hydroxyl groups excluding tert-OH is 1. The Morgan fingerprint density at radius 2 is 2.00 bits per heavy atom. The van der Waals surface area contributed by atoms with Crippen LogP contribution in [0.25, 0.3) is 0 Å². The van der Waals surface area contributed by atoms with E-state index in [2.05, 4.69) is 0 Å². The lowest BCUT2D eigenvalue weighted by atomic mass is 10.2. The molecule has 0 aliphatic heterocycles. The molecule has 0 fully saturated rings. The van der Waals surface area contributed by atoms with E-state index in [1.54, 1.807) is 0 Å². The molecule has 0 amide bonds.